The summed E-state index contributed by atoms with van der Waals surface area (Å²) in [6, 6.07) is 12.3. The van der Waals surface area contributed by atoms with Crippen molar-refractivity contribution in [3.63, 3.8) is 0 Å². The predicted octanol–water partition coefficient (Wildman–Crippen LogP) is 8.42. The first-order valence-corrected chi connectivity index (χ1v) is 20.4. The number of unbranched alkanes of at least 4 members (excludes halogenated alkanes) is 8. The number of hydrogen-bond acceptors (Lipinski definition) is 9. The molecule has 1 aliphatic rings. The molecule has 1 heterocycles. The molecule has 1 amide bonds. The Hall–Kier alpha value is -3.64. The van der Waals surface area contributed by atoms with E-state index in [4.69, 9.17) is 23.7 Å². The lowest BCUT2D eigenvalue weighted by molar-refractivity contribution is -0.185. The summed E-state index contributed by atoms with van der Waals surface area (Å²) in [4.78, 5) is 40.8. The Morgan fingerprint density at radius 1 is 0.911 bits per heavy atom. The minimum Gasteiger partial charge on any atom is -0.467 e. The van der Waals surface area contributed by atoms with Gasteiger partial charge in [0.1, 0.15) is 17.5 Å². The number of rotatable bonds is 25. The van der Waals surface area contributed by atoms with Crippen LogP contribution in [0.25, 0.3) is 11.1 Å². The standard InChI is InChI=1S/C45H66FNO9/c1-7-8-9-13-18-27-44(54-31-32-55-44)28-19-14-11-10-12-15-21-37(45(51,29-30-52-5)42(50)56-43(2,3)4)40(48)47-39(41(49)53-6)33-34-23-25-35(26-24-34)36-20-16-17-22-38(36)46/h15-17,20-26,37,39,51H,7-14,18-19,27-33H2,1-6H3,(H,47,48)/b21-15+/t37-,39+,45+/m1/s1. The van der Waals surface area contributed by atoms with E-state index in [-0.39, 0.29) is 25.3 Å². The normalized spacial score (nSPS) is 16.3. The monoisotopic (exact) mass is 783 g/mol. The highest BCUT2D eigenvalue weighted by Gasteiger charge is 2.49. The third-order valence-electron chi connectivity index (χ3n) is 10.1. The maximum absolute atomic E-state index is 14.4. The Kier molecular flexibility index (Phi) is 19.7. The van der Waals surface area contributed by atoms with Gasteiger partial charge in [-0.25, -0.2) is 14.0 Å². The Balaban J connectivity index is 1.72. The van der Waals surface area contributed by atoms with Gasteiger partial charge in [-0.2, -0.15) is 0 Å². The number of ether oxygens (including phenoxy) is 5. The van der Waals surface area contributed by atoms with E-state index in [1.807, 2.05) is 0 Å². The van der Waals surface area contributed by atoms with E-state index in [1.54, 1.807) is 69.3 Å². The molecule has 3 rings (SSSR count). The Morgan fingerprint density at radius 3 is 2.12 bits per heavy atom. The van der Waals surface area contributed by atoms with E-state index in [9.17, 15) is 23.9 Å². The van der Waals surface area contributed by atoms with E-state index < -0.39 is 46.8 Å². The molecule has 0 unspecified atom stereocenters. The van der Waals surface area contributed by atoms with Crippen LogP contribution < -0.4 is 5.32 Å². The summed E-state index contributed by atoms with van der Waals surface area (Å²) >= 11 is 0. The zero-order chi connectivity index (χ0) is 41.0. The molecule has 10 nitrogen and oxygen atoms in total. The molecule has 1 fully saturated rings. The summed E-state index contributed by atoms with van der Waals surface area (Å²) in [6.07, 6.45) is 15.2. The van der Waals surface area contributed by atoms with Gasteiger partial charge in [-0.05, 0) is 63.6 Å². The second-order valence-corrected chi connectivity index (χ2v) is 15.8. The van der Waals surface area contributed by atoms with Crippen LogP contribution in [0, 0.1) is 11.7 Å². The van der Waals surface area contributed by atoms with Crippen molar-refractivity contribution in [1.29, 1.82) is 0 Å². The topological polar surface area (TPSA) is 130 Å². The van der Waals surface area contributed by atoms with Crippen molar-refractivity contribution < 1.29 is 47.6 Å². The van der Waals surface area contributed by atoms with Crippen LogP contribution in [0.2, 0.25) is 0 Å². The van der Waals surface area contributed by atoms with Gasteiger partial charge in [0.15, 0.2) is 11.4 Å². The second-order valence-electron chi connectivity index (χ2n) is 15.8. The number of carbonyl (C=O) groups is 3. The number of nitrogens with one attached hydrogen (secondary N) is 1. The average Bonchev–Trinajstić information content (AvgIpc) is 3.64. The average molecular weight is 784 g/mol. The molecular formula is C45H66FNO9. The van der Waals surface area contributed by atoms with Crippen molar-refractivity contribution in [3.05, 3.63) is 72.1 Å². The van der Waals surface area contributed by atoms with Gasteiger partial charge in [0.2, 0.25) is 5.91 Å². The van der Waals surface area contributed by atoms with E-state index in [1.165, 1.54) is 52.0 Å². The molecule has 1 saturated heterocycles. The fraction of sp³-hybridized carbons (Fsp3) is 0.622. The molecule has 0 bridgehead atoms. The van der Waals surface area contributed by atoms with Crippen molar-refractivity contribution in [3.8, 4) is 11.1 Å². The predicted molar refractivity (Wildman–Crippen MR) is 215 cm³/mol. The molecule has 2 aromatic rings. The number of methoxy groups -OCH3 is 2. The van der Waals surface area contributed by atoms with Crippen LogP contribution in [0.3, 0.4) is 0 Å². The van der Waals surface area contributed by atoms with Crippen molar-refractivity contribution in [2.75, 3.05) is 34.0 Å². The fourth-order valence-corrected chi connectivity index (χ4v) is 6.97. The summed E-state index contributed by atoms with van der Waals surface area (Å²) in [5, 5.41) is 14.8. The zero-order valence-corrected chi connectivity index (χ0v) is 34.5. The fourth-order valence-electron chi connectivity index (χ4n) is 6.97. The largest absolute Gasteiger partial charge is 0.467 e. The van der Waals surface area contributed by atoms with Gasteiger partial charge in [-0.15, -0.1) is 0 Å². The molecule has 56 heavy (non-hydrogen) atoms. The number of halogens is 1. The number of esters is 2. The van der Waals surface area contributed by atoms with Crippen LogP contribution in [0.5, 0.6) is 0 Å². The third-order valence-corrected chi connectivity index (χ3v) is 10.1. The van der Waals surface area contributed by atoms with E-state index in [2.05, 4.69) is 12.2 Å². The number of aliphatic hydroxyl groups is 1. The van der Waals surface area contributed by atoms with Crippen LogP contribution in [0.1, 0.15) is 117 Å². The lowest BCUT2D eigenvalue weighted by Crippen LogP contribution is -2.56. The summed E-state index contributed by atoms with van der Waals surface area (Å²) in [5.41, 5.74) is -1.48. The third kappa shape index (κ3) is 15.0. The molecule has 2 aromatic carbocycles. The number of carbonyl (C=O) groups excluding carboxylic acids is 3. The van der Waals surface area contributed by atoms with Gasteiger partial charge in [-0.3, -0.25) is 4.79 Å². The summed E-state index contributed by atoms with van der Waals surface area (Å²) in [5.74, 6) is -4.66. The van der Waals surface area contributed by atoms with Gasteiger partial charge in [0.05, 0.1) is 26.2 Å². The molecule has 0 spiro atoms. The first-order chi connectivity index (χ1) is 26.8. The summed E-state index contributed by atoms with van der Waals surface area (Å²) < 4.78 is 42.5. The molecular weight excluding hydrogens is 717 g/mol. The molecule has 0 radical (unpaired) electrons. The van der Waals surface area contributed by atoms with Gasteiger partial charge in [0, 0.05) is 45.0 Å². The quantitative estimate of drug-likeness (QED) is 0.0579. The van der Waals surface area contributed by atoms with Crippen molar-refractivity contribution >= 4 is 17.8 Å². The van der Waals surface area contributed by atoms with Gasteiger partial charge >= 0.3 is 11.9 Å². The van der Waals surface area contributed by atoms with Crippen molar-refractivity contribution in [1.82, 2.24) is 5.32 Å². The highest BCUT2D eigenvalue weighted by Crippen LogP contribution is 2.33. The van der Waals surface area contributed by atoms with Gasteiger partial charge in [-0.1, -0.05) is 100 Å². The molecule has 312 valence electrons. The van der Waals surface area contributed by atoms with Crippen LogP contribution in [-0.4, -0.2) is 80.0 Å². The van der Waals surface area contributed by atoms with E-state index >= 15 is 0 Å². The summed E-state index contributed by atoms with van der Waals surface area (Å²) in [6.45, 7) is 8.49. The molecule has 1 aliphatic heterocycles. The number of amides is 1. The SMILES string of the molecule is CCCCCCCC1(CCCCCC/C=C/[C@H](C(=O)N[C@@H](Cc2ccc(-c3ccccc3F)cc2)C(=O)OC)[C@@](O)(CCOC)C(=O)OC(C)(C)C)OCCO1. The number of allylic oxidation sites excluding steroid dienone is 1. The first kappa shape index (κ1) is 46.7. The van der Waals surface area contributed by atoms with E-state index in [0.29, 0.717) is 36.3 Å². The smallest absolute Gasteiger partial charge is 0.339 e. The van der Waals surface area contributed by atoms with E-state index in [0.717, 1.165) is 44.9 Å². The molecule has 11 heteroatoms. The number of hydrogen-bond donors (Lipinski definition) is 2. The molecule has 0 saturated carbocycles. The molecule has 3 atom stereocenters. The van der Waals surface area contributed by atoms with Crippen molar-refractivity contribution in [2.24, 2.45) is 5.92 Å². The maximum atomic E-state index is 14.4. The van der Waals surface area contributed by atoms with Gasteiger partial charge in [0.25, 0.3) is 0 Å². The van der Waals surface area contributed by atoms with Crippen LogP contribution in [0.15, 0.2) is 60.7 Å². The highest BCUT2D eigenvalue weighted by molar-refractivity contribution is 5.93. The molecule has 0 aromatic heterocycles. The van der Waals surface area contributed by atoms with Gasteiger partial charge < -0.3 is 34.1 Å². The Bertz CT molecular complexity index is 1520. The minimum atomic E-state index is -2.31. The van der Waals surface area contributed by atoms with Crippen LogP contribution >= 0.6 is 0 Å². The Morgan fingerprint density at radius 2 is 1.54 bits per heavy atom. The highest BCUT2D eigenvalue weighted by atomic mass is 19.1. The van der Waals surface area contributed by atoms with Crippen LogP contribution in [-0.2, 0) is 44.5 Å². The summed E-state index contributed by atoms with van der Waals surface area (Å²) in [7, 11) is 2.66. The molecule has 2 N–H and O–H groups in total. The Labute approximate surface area is 333 Å². The second kappa shape index (κ2) is 23.6. The van der Waals surface area contributed by atoms with Crippen LogP contribution in [0.4, 0.5) is 4.39 Å². The maximum Gasteiger partial charge on any atom is 0.339 e. The lowest BCUT2D eigenvalue weighted by Gasteiger charge is -2.35. The minimum absolute atomic E-state index is 0.0319. The lowest BCUT2D eigenvalue weighted by atomic mass is 9.82. The first-order valence-electron chi connectivity index (χ1n) is 20.4. The van der Waals surface area contributed by atoms with Crippen molar-refractivity contribution in [2.45, 2.75) is 141 Å². The molecule has 0 aliphatic carbocycles. The number of benzene rings is 2. The zero-order valence-electron chi connectivity index (χ0n) is 34.5.